The van der Waals surface area contributed by atoms with E-state index in [0.717, 1.165) is 13.0 Å². The van der Waals surface area contributed by atoms with E-state index in [0.29, 0.717) is 38.4 Å². The predicted molar refractivity (Wildman–Crippen MR) is 75.1 cm³/mol. The number of methoxy groups -OCH3 is 2. The fourth-order valence-corrected chi connectivity index (χ4v) is 2.90. The molecule has 2 aliphatic rings. The summed E-state index contributed by atoms with van der Waals surface area (Å²) >= 11 is 2.30. The van der Waals surface area contributed by atoms with Gasteiger partial charge in [-0.3, -0.25) is 4.79 Å². The van der Waals surface area contributed by atoms with Gasteiger partial charge in [0.2, 0.25) is 0 Å². The van der Waals surface area contributed by atoms with Gasteiger partial charge in [-0.1, -0.05) is 22.6 Å². The van der Waals surface area contributed by atoms with Gasteiger partial charge in [-0.05, 0) is 0 Å². The lowest BCUT2D eigenvalue weighted by Crippen LogP contribution is -2.49. The molecule has 2 saturated heterocycles. The Kier molecular flexibility index (Phi) is 7.62. The molecule has 106 valence electrons. The van der Waals surface area contributed by atoms with E-state index < -0.39 is 5.79 Å². The zero-order chi connectivity index (χ0) is 13.4. The van der Waals surface area contributed by atoms with Gasteiger partial charge in [0.05, 0.1) is 30.4 Å². The van der Waals surface area contributed by atoms with Gasteiger partial charge in [-0.15, -0.1) is 0 Å². The van der Waals surface area contributed by atoms with E-state index in [1.807, 2.05) is 0 Å². The number of hydrogen-bond donors (Lipinski definition) is 0. The molecule has 0 N–H and O–H groups in total. The van der Waals surface area contributed by atoms with E-state index >= 15 is 0 Å². The predicted octanol–water partition coefficient (Wildman–Crippen LogP) is 1.57. The monoisotopic (exact) mass is 372 g/mol. The lowest BCUT2D eigenvalue weighted by molar-refractivity contribution is -0.234. The number of hydrogen-bond acceptors (Lipinski definition) is 5. The van der Waals surface area contributed by atoms with Gasteiger partial charge in [0.25, 0.3) is 0 Å². The molecule has 18 heavy (non-hydrogen) atoms. The van der Waals surface area contributed by atoms with Crippen molar-refractivity contribution in [2.45, 2.75) is 29.0 Å². The highest BCUT2D eigenvalue weighted by atomic mass is 127. The minimum absolute atomic E-state index is 0.281. The van der Waals surface area contributed by atoms with E-state index in [1.165, 1.54) is 0 Å². The zero-order valence-corrected chi connectivity index (χ0v) is 13.1. The summed E-state index contributed by atoms with van der Waals surface area (Å²) < 4.78 is 21.1. The number of carbonyl (C=O) groups excluding carboxylic acids is 1. The van der Waals surface area contributed by atoms with Crippen molar-refractivity contribution in [2.24, 2.45) is 0 Å². The van der Waals surface area contributed by atoms with Crippen LogP contribution in [0.2, 0.25) is 0 Å². The summed E-state index contributed by atoms with van der Waals surface area (Å²) in [6.07, 6.45) is 2.06. The van der Waals surface area contributed by atoms with Crippen LogP contribution >= 0.6 is 22.6 Å². The number of carbonyl (C=O) groups is 1. The summed E-state index contributed by atoms with van der Waals surface area (Å²) in [5, 5.41) is 0. The molecule has 0 aromatic rings. The second-order valence-electron chi connectivity index (χ2n) is 4.16. The first-order valence-corrected chi connectivity index (χ1v) is 7.31. The van der Waals surface area contributed by atoms with Crippen LogP contribution < -0.4 is 0 Å². The number of ether oxygens (including phenoxy) is 4. The van der Waals surface area contributed by atoms with Crippen LogP contribution in [-0.4, -0.2) is 56.1 Å². The van der Waals surface area contributed by atoms with Gasteiger partial charge >= 0.3 is 0 Å². The fraction of sp³-hybridized carbons (Fsp3) is 0.917. The van der Waals surface area contributed by atoms with Crippen molar-refractivity contribution in [3.8, 4) is 0 Å². The normalized spacial score (nSPS) is 27.3. The summed E-state index contributed by atoms with van der Waals surface area (Å²) in [6.45, 7) is 2.71. The number of rotatable bonds is 2. The molecule has 0 aromatic carbocycles. The molecule has 0 aliphatic carbocycles. The lowest BCUT2D eigenvalue weighted by atomic mass is 10.1. The largest absolute Gasteiger partial charge is 0.381 e. The van der Waals surface area contributed by atoms with E-state index in [1.54, 1.807) is 14.2 Å². The Bertz CT molecular complexity index is 247. The van der Waals surface area contributed by atoms with Crippen molar-refractivity contribution in [3.63, 3.8) is 0 Å². The van der Waals surface area contributed by atoms with Crippen molar-refractivity contribution in [3.05, 3.63) is 0 Å². The molecule has 2 rings (SSSR count). The third-order valence-corrected chi connectivity index (χ3v) is 4.39. The minimum Gasteiger partial charge on any atom is -0.381 e. The third kappa shape index (κ3) is 4.73. The Morgan fingerprint density at radius 1 is 1.17 bits per heavy atom. The maximum Gasteiger partial charge on any atom is 0.183 e. The quantitative estimate of drug-likeness (QED) is 0.419. The van der Waals surface area contributed by atoms with Gasteiger partial charge in [0.15, 0.2) is 5.79 Å². The summed E-state index contributed by atoms with van der Waals surface area (Å²) in [6, 6.07) is 0. The molecule has 0 amide bonds. The van der Waals surface area contributed by atoms with Crippen LogP contribution in [0.3, 0.4) is 0 Å². The van der Waals surface area contributed by atoms with Gasteiger partial charge in [-0.2, -0.15) is 0 Å². The summed E-state index contributed by atoms with van der Waals surface area (Å²) in [5.41, 5.74) is 0. The molecule has 0 aromatic heterocycles. The van der Waals surface area contributed by atoms with E-state index in [9.17, 15) is 4.79 Å². The van der Waals surface area contributed by atoms with E-state index in [-0.39, 0.29) is 3.92 Å². The van der Waals surface area contributed by atoms with Crippen LogP contribution in [0, 0.1) is 0 Å². The number of ketones is 1. The number of Topliss-reactive ketones (excluding diaryl/α,β-unsaturated/α-hetero) is 1. The second kappa shape index (κ2) is 8.42. The fourth-order valence-electron chi connectivity index (χ4n) is 1.83. The number of halogens is 1. The Morgan fingerprint density at radius 3 is 2.11 bits per heavy atom. The number of alkyl halides is 1. The van der Waals surface area contributed by atoms with E-state index in [4.69, 9.17) is 18.9 Å². The highest BCUT2D eigenvalue weighted by molar-refractivity contribution is 14.1. The molecule has 0 bridgehead atoms. The first kappa shape index (κ1) is 16.3. The summed E-state index contributed by atoms with van der Waals surface area (Å²) in [7, 11) is 3.36. The molecule has 0 spiro atoms. The molecule has 5 nitrogen and oxygen atoms in total. The highest BCUT2D eigenvalue weighted by Crippen LogP contribution is 2.30. The van der Waals surface area contributed by atoms with Crippen LogP contribution in [0.1, 0.15) is 19.3 Å². The molecule has 2 heterocycles. The first-order chi connectivity index (χ1) is 8.64. The van der Waals surface area contributed by atoms with E-state index in [2.05, 4.69) is 22.6 Å². The molecule has 6 heteroatoms. The van der Waals surface area contributed by atoms with Crippen molar-refractivity contribution >= 4 is 28.4 Å². The average molecular weight is 372 g/mol. The topological polar surface area (TPSA) is 54.0 Å². The molecule has 0 radical (unpaired) electrons. The van der Waals surface area contributed by atoms with Crippen molar-refractivity contribution in [2.75, 3.05) is 40.6 Å². The highest BCUT2D eigenvalue weighted by Gasteiger charge is 2.40. The Morgan fingerprint density at radius 2 is 1.78 bits per heavy atom. The van der Waals surface area contributed by atoms with Crippen molar-refractivity contribution < 1.29 is 23.7 Å². The van der Waals surface area contributed by atoms with Crippen LogP contribution in [0.4, 0.5) is 0 Å². The molecule has 2 fully saturated rings. The van der Waals surface area contributed by atoms with Crippen LogP contribution in [0.15, 0.2) is 0 Å². The van der Waals surface area contributed by atoms with Crippen molar-refractivity contribution in [1.82, 2.24) is 0 Å². The van der Waals surface area contributed by atoms with Crippen LogP contribution in [-0.2, 0) is 23.7 Å². The molecule has 2 aliphatic heterocycles. The molecular weight excluding hydrogens is 351 g/mol. The summed E-state index contributed by atoms with van der Waals surface area (Å²) in [4.78, 5) is 10.4. The standard InChI is InChI=1S/C7H13IO3.C5H8O2/c1-9-7(10-2)3-4-11-5-6(7)8;6-5-1-3-7-4-2-5/h6H,3-5H2,1-2H3;1-4H2. The van der Waals surface area contributed by atoms with Gasteiger partial charge in [-0.25, -0.2) is 0 Å². The van der Waals surface area contributed by atoms with Gasteiger partial charge in [0, 0.05) is 33.5 Å². The minimum atomic E-state index is -0.418. The van der Waals surface area contributed by atoms with Crippen LogP contribution in [0.25, 0.3) is 0 Å². The molecule has 1 atom stereocenters. The van der Waals surface area contributed by atoms with Gasteiger partial charge in [0.1, 0.15) is 5.78 Å². The Labute approximate surface area is 122 Å². The van der Waals surface area contributed by atoms with Crippen LogP contribution in [0.5, 0.6) is 0 Å². The Balaban J connectivity index is 0.000000199. The molecular formula is C12H21IO5. The smallest absolute Gasteiger partial charge is 0.183 e. The lowest BCUT2D eigenvalue weighted by Gasteiger charge is -2.38. The zero-order valence-electron chi connectivity index (χ0n) is 10.9. The third-order valence-electron chi connectivity index (χ3n) is 3.08. The second-order valence-corrected chi connectivity index (χ2v) is 5.67. The van der Waals surface area contributed by atoms with Crippen molar-refractivity contribution in [1.29, 1.82) is 0 Å². The molecule has 1 unspecified atom stereocenters. The van der Waals surface area contributed by atoms with Gasteiger partial charge < -0.3 is 18.9 Å². The Hall–Kier alpha value is 0.240. The average Bonchev–Trinajstić information content (AvgIpc) is 2.41. The molecule has 0 saturated carbocycles. The maximum absolute atomic E-state index is 10.4. The first-order valence-electron chi connectivity index (χ1n) is 6.06. The summed E-state index contributed by atoms with van der Waals surface area (Å²) in [5.74, 6) is -0.0787. The maximum atomic E-state index is 10.4. The SMILES string of the molecule is COC1(OC)CCOCC1I.O=C1CCOCC1.